The topological polar surface area (TPSA) is 40.5 Å². The number of hydrogen-bond acceptors (Lipinski definition) is 3. The largest absolute Gasteiger partial charge is 0.357 e. The maximum absolute atomic E-state index is 4.72. The summed E-state index contributed by atoms with van der Waals surface area (Å²) in [5.41, 5.74) is 1.12. The first-order chi connectivity index (χ1) is 9.69. The molecule has 1 aromatic rings. The van der Waals surface area contributed by atoms with E-state index < -0.39 is 0 Å². The van der Waals surface area contributed by atoms with Crippen molar-refractivity contribution in [2.45, 2.75) is 46.1 Å². The van der Waals surface area contributed by atoms with Gasteiger partial charge >= 0.3 is 0 Å². The summed E-state index contributed by atoms with van der Waals surface area (Å²) in [6, 6.07) is 0. The molecule has 0 aliphatic heterocycles. The molecule has 0 saturated heterocycles. The molecular formula is C15H26N4S. The van der Waals surface area contributed by atoms with Crippen molar-refractivity contribution in [2.24, 2.45) is 10.9 Å². The number of aromatic nitrogens is 1. The van der Waals surface area contributed by atoms with E-state index in [4.69, 9.17) is 4.99 Å². The number of nitrogens with zero attached hydrogens (tertiary/aromatic N) is 3. The highest BCUT2D eigenvalue weighted by Crippen LogP contribution is 2.33. The van der Waals surface area contributed by atoms with Crippen molar-refractivity contribution in [2.75, 3.05) is 20.1 Å². The summed E-state index contributed by atoms with van der Waals surface area (Å²) < 4.78 is 0. The molecule has 0 bridgehead atoms. The highest BCUT2D eigenvalue weighted by molar-refractivity contribution is 7.09. The van der Waals surface area contributed by atoms with Crippen molar-refractivity contribution in [1.82, 2.24) is 15.2 Å². The van der Waals surface area contributed by atoms with Crippen LogP contribution in [0.15, 0.2) is 10.4 Å². The van der Waals surface area contributed by atoms with Gasteiger partial charge < -0.3 is 10.2 Å². The zero-order valence-electron chi connectivity index (χ0n) is 12.9. The van der Waals surface area contributed by atoms with Crippen LogP contribution < -0.4 is 5.32 Å². The van der Waals surface area contributed by atoms with E-state index in [2.05, 4.69) is 34.6 Å². The molecule has 5 heteroatoms. The first-order valence-corrected chi connectivity index (χ1v) is 8.47. The van der Waals surface area contributed by atoms with Gasteiger partial charge in [-0.25, -0.2) is 4.98 Å². The zero-order chi connectivity index (χ0) is 14.4. The lowest BCUT2D eigenvalue weighted by Gasteiger charge is -2.21. The molecule has 1 N–H and O–H groups in total. The predicted octanol–water partition coefficient (Wildman–Crippen LogP) is 3.04. The van der Waals surface area contributed by atoms with Crippen LogP contribution in [-0.4, -0.2) is 36.0 Å². The van der Waals surface area contributed by atoms with E-state index in [1.807, 2.05) is 6.92 Å². The maximum atomic E-state index is 4.72. The van der Waals surface area contributed by atoms with Gasteiger partial charge in [0.25, 0.3) is 0 Å². The van der Waals surface area contributed by atoms with Gasteiger partial charge in [0.2, 0.25) is 0 Å². The van der Waals surface area contributed by atoms with Crippen molar-refractivity contribution in [3.05, 3.63) is 16.1 Å². The molecule has 0 unspecified atom stereocenters. The van der Waals surface area contributed by atoms with Gasteiger partial charge in [-0.2, -0.15) is 0 Å². The lowest BCUT2D eigenvalue weighted by atomic mass is 10.2. The minimum absolute atomic E-state index is 0.818. The molecule has 1 aliphatic rings. The zero-order valence-corrected chi connectivity index (χ0v) is 13.7. The van der Waals surface area contributed by atoms with Crippen LogP contribution in [0.3, 0.4) is 0 Å². The molecule has 0 radical (unpaired) electrons. The number of rotatable bonds is 7. The fraction of sp³-hybridized carbons (Fsp3) is 0.733. The summed E-state index contributed by atoms with van der Waals surface area (Å²) in [7, 11) is 2.08. The molecule has 0 amide bonds. The number of guanidine groups is 1. The van der Waals surface area contributed by atoms with Crippen LogP contribution in [0.4, 0.5) is 0 Å². The Hall–Kier alpha value is -1.10. The van der Waals surface area contributed by atoms with Crippen molar-refractivity contribution >= 4 is 17.3 Å². The van der Waals surface area contributed by atoms with Crippen molar-refractivity contribution in [3.63, 3.8) is 0 Å². The molecule has 4 nitrogen and oxygen atoms in total. The van der Waals surface area contributed by atoms with Crippen LogP contribution in [-0.2, 0) is 6.54 Å². The third kappa shape index (κ3) is 5.12. The summed E-state index contributed by atoms with van der Waals surface area (Å²) in [4.78, 5) is 11.4. The molecule has 0 aromatic carbocycles. The van der Waals surface area contributed by atoms with E-state index >= 15 is 0 Å². The summed E-state index contributed by atoms with van der Waals surface area (Å²) in [5, 5.41) is 6.62. The van der Waals surface area contributed by atoms with E-state index in [1.165, 1.54) is 25.7 Å². The van der Waals surface area contributed by atoms with Crippen LogP contribution in [0.1, 0.15) is 43.3 Å². The Morgan fingerprint density at radius 2 is 2.35 bits per heavy atom. The SMILES string of the molecule is CCNC(=NCCCC1CC1)N(C)Cc1csc(C)n1. The first-order valence-electron chi connectivity index (χ1n) is 7.59. The van der Waals surface area contributed by atoms with E-state index in [9.17, 15) is 0 Å². The van der Waals surface area contributed by atoms with E-state index in [0.29, 0.717) is 0 Å². The van der Waals surface area contributed by atoms with Crippen LogP contribution in [0.25, 0.3) is 0 Å². The Morgan fingerprint density at radius 1 is 1.55 bits per heavy atom. The molecule has 2 rings (SSSR count). The quantitative estimate of drug-likeness (QED) is 0.477. The average Bonchev–Trinajstić information content (AvgIpc) is 3.16. The fourth-order valence-corrected chi connectivity index (χ4v) is 2.84. The number of thiazole rings is 1. The van der Waals surface area contributed by atoms with Gasteiger partial charge in [0.15, 0.2) is 5.96 Å². The van der Waals surface area contributed by atoms with Gasteiger partial charge in [0.05, 0.1) is 17.2 Å². The normalized spacial score (nSPS) is 15.4. The van der Waals surface area contributed by atoms with Crippen molar-refractivity contribution < 1.29 is 0 Å². The Kier molecular flexibility index (Phi) is 5.83. The Morgan fingerprint density at radius 3 is 2.95 bits per heavy atom. The predicted molar refractivity (Wildman–Crippen MR) is 86.3 cm³/mol. The molecule has 1 aliphatic carbocycles. The average molecular weight is 294 g/mol. The van der Waals surface area contributed by atoms with Crippen LogP contribution in [0, 0.1) is 12.8 Å². The maximum Gasteiger partial charge on any atom is 0.194 e. The second kappa shape index (κ2) is 7.62. The van der Waals surface area contributed by atoms with Gasteiger partial charge in [-0.05, 0) is 32.6 Å². The Labute approximate surface area is 126 Å². The fourth-order valence-electron chi connectivity index (χ4n) is 2.24. The number of hydrogen-bond donors (Lipinski definition) is 1. The summed E-state index contributed by atoms with van der Waals surface area (Å²) in [5.74, 6) is 2.00. The number of nitrogens with one attached hydrogen (secondary N) is 1. The number of aryl methyl sites for hydroxylation is 1. The lowest BCUT2D eigenvalue weighted by Crippen LogP contribution is -2.38. The Bertz CT molecular complexity index is 437. The molecule has 1 saturated carbocycles. The molecule has 1 aromatic heterocycles. The van der Waals surface area contributed by atoms with Gasteiger partial charge in [-0.3, -0.25) is 4.99 Å². The van der Waals surface area contributed by atoms with Crippen LogP contribution in [0.5, 0.6) is 0 Å². The van der Waals surface area contributed by atoms with E-state index in [-0.39, 0.29) is 0 Å². The molecule has 20 heavy (non-hydrogen) atoms. The number of aliphatic imine (C=N–C) groups is 1. The molecule has 1 fully saturated rings. The van der Waals surface area contributed by atoms with E-state index in [0.717, 1.165) is 42.2 Å². The molecular weight excluding hydrogens is 268 g/mol. The summed E-state index contributed by atoms with van der Waals surface area (Å²) in [6.45, 7) is 6.81. The van der Waals surface area contributed by atoms with E-state index in [1.54, 1.807) is 11.3 Å². The smallest absolute Gasteiger partial charge is 0.194 e. The molecule has 112 valence electrons. The van der Waals surface area contributed by atoms with Gasteiger partial charge in [0, 0.05) is 25.5 Å². The highest BCUT2D eigenvalue weighted by atomic mass is 32.1. The second-order valence-electron chi connectivity index (χ2n) is 5.54. The van der Waals surface area contributed by atoms with Gasteiger partial charge in [0.1, 0.15) is 0 Å². The third-order valence-electron chi connectivity index (χ3n) is 3.49. The Balaban J connectivity index is 1.82. The minimum Gasteiger partial charge on any atom is -0.357 e. The first kappa shape index (κ1) is 15.3. The minimum atomic E-state index is 0.818. The highest BCUT2D eigenvalue weighted by Gasteiger charge is 2.20. The third-order valence-corrected chi connectivity index (χ3v) is 4.31. The van der Waals surface area contributed by atoms with Gasteiger partial charge in [-0.15, -0.1) is 11.3 Å². The monoisotopic (exact) mass is 294 g/mol. The van der Waals surface area contributed by atoms with Crippen LogP contribution >= 0.6 is 11.3 Å². The molecule has 0 atom stereocenters. The van der Waals surface area contributed by atoms with Crippen molar-refractivity contribution in [1.29, 1.82) is 0 Å². The summed E-state index contributed by atoms with van der Waals surface area (Å²) in [6.07, 6.45) is 5.43. The lowest BCUT2D eigenvalue weighted by molar-refractivity contribution is 0.470. The molecule has 0 spiro atoms. The standard InChI is InChI=1S/C15H26N4S/c1-4-16-15(17-9-5-6-13-7-8-13)19(3)10-14-11-20-12(2)18-14/h11,13H,4-10H2,1-3H3,(H,16,17). The second-order valence-corrected chi connectivity index (χ2v) is 6.60. The van der Waals surface area contributed by atoms with Crippen LogP contribution in [0.2, 0.25) is 0 Å². The molecule has 1 heterocycles. The van der Waals surface area contributed by atoms with Crippen molar-refractivity contribution in [3.8, 4) is 0 Å². The van der Waals surface area contributed by atoms with Gasteiger partial charge in [-0.1, -0.05) is 12.8 Å². The summed E-state index contributed by atoms with van der Waals surface area (Å²) >= 11 is 1.71.